The van der Waals surface area contributed by atoms with Gasteiger partial charge in [0.05, 0.1) is 6.61 Å². The molecule has 1 unspecified atom stereocenters. The predicted octanol–water partition coefficient (Wildman–Crippen LogP) is 3.01. The van der Waals surface area contributed by atoms with Gasteiger partial charge in [0.2, 0.25) is 0 Å². The fourth-order valence-corrected chi connectivity index (χ4v) is 1.87. The zero-order chi connectivity index (χ0) is 18.3. The van der Waals surface area contributed by atoms with Crippen LogP contribution in [0.3, 0.4) is 0 Å². The first-order valence-corrected chi connectivity index (χ1v) is 7.82. The molecule has 7 nitrogen and oxygen atoms in total. The van der Waals surface area contributed by atoms with Gasteiger partial charge in [-0.3, -0.25) is 0 Å². The number of hydrogen-bond donors (Lipinski definition) is 3. The highest BCUT2D eigenvalue weighted by Crippen LogP contribution is 2.29. The maximum Gasteiger partial charge on any atom is 0.408 e. The second kappa shape index (κ2) is 8.42. The topological polar surface area (TPSA) is 105 Å². The highest BCUT2D eigenvalue weighted by molar-refractivity contribution is 5.83. The Morgan fingerprint density at radius 2 is 1.92 bits per heavy atom. The average molecular weight is 339 g/mol. The van der Waals surface area contributed by atoms with Crippen molar-refractivity contribution in [2.75, 3.05) is 6.61 Å². The number of nitrogens with one attached hydrogen (secondary N) is 1. The monoisotopic (exact) mass is 339 g/mol. The van der Waals surface area contributed by atoms with Gasteiger partial charge in [-0.2, -0.15) is 0 Å². The molecule has 24 heavy (non-hydrogen) atoms. The Kier molecular flexibility index (Phi) is 6.88. The first kappa shape index (κ1) is 19.6. The van der Waals surface area contributed by atoms with E-state index < -0.39 is 23.7 Å². The van der Waals surface area contributed by atoms with Crippen molar-refractivity contribution in [3.63, 3.8) is 0 Å². The number of phenolic OH excluding ortho intramolecular Hbond substituents is 2. The molecule has 1 atom stereocenters. The Hall–Kier alpha value is -2.44. The number of carbonyl (C=O) groups is 2. The minimum Gasteiger partial charge on any atom is -0.508 e. The molecule has 0 aliphatic heterocycles. The Labute approximate surface area is 141 Å². The van der Waals surface area contributed by atoms with Crippen LogP contribution in [0.25, 0.3) is 0 Å². The first-order valence-electron chi connectivity index (χ1n) is 7.82. The molecule has 1 aromatic rings. The van der Waals surface area contributed by atoms with Crippen molar-refractivity contribution in [1.82, 2.24) is 5.32 Å². The number of alkyl carbamates (subject to hydrolysis) is 1. The Bertz CT molecular complexity index is 579. The number of carbonyl (C=O) groups excluding carboxylic acids is 2. The van der Waals surface area contributed by atoms with Crippen LogP contribution in [-0.2, 0) is 14.3 Å². The number of rotatable bonds is 6. The number of aromatic hydroxyl groups is 2. The molecule has 3 N–H and O–H groups in total. The van der Waals surface area contributed by atoms with Crippen LogP contribution in [0.5, 0.6) is 11.5 Å². The van der Waals surface area contributed by atoms with Crippen LogP contribution in [0.2, 0.25) is 0 Å². The van der Waals surface area contributed by atoms with Crippen molar-refractivity contribution >= 4 is 12.1 Å². The van der Waals surface area contributed by atoms with Gasteiger partial charge in [-0.05, 0) is 39.3 Å². The fourth-order valence-electron chi connectivity index (χ4n) is 1.87. The lowest BCUT2D eigenvalue weighted by Gasteiger charge is -2.23. The van der Waals surface area contributed by atoms with E-state index in [1.807, 2.05) is 6.92 Å². The van der Waals surface area contributed by atoms with Gasteiger partial charge >= 0.3 is 12.1 Å². The van der Waals surface area contributed by atoms with Crippen LogP contribution < -0.4 is 5.32 Å². The molecular formula is C17H25NO6. The van der Waals surface area contributed by atoms with E-state index in [9.17, 15) is 19.8 Å². The molecule has 0 aromatic heterocycles. The molecule has 0 fully saturated rings. The van der Waals surface area contributed by atoms with E-state index in [1.165, 1.54) is 12.1 Å². The molecule has 0 heterocycles. The van der Waals surface area contributed by atoms with Crippen molar-refractivity contribution < 1.29 is 29.3 Å². The summed E-state index contributed by atoms with van der Waals surface area (Å²) in [6.07, 6.45) is 0.723. The van der Waals surface area contributed by atoms with Crippen LogP contribution in [0.1, 0.15) is 52.1 Å². The van der Waals surface area contributed by atoms with Crippen LogP contribution in [0, 0.1) is 0 Å². The summed E-state index contributed by atoms with van der Waals surface area (Å²) in [6.45, 7) is 7.24. The summed E-state index contributed by atoms with van der Waals surface area (Å²) in [5.74, 6) is -1.20. The second-order valence-electron chi connectivity index (χ2n) is 6.34. The highest BCUT2D eigenvalue weighted by atomic mass is 16.6. The van der Waals surface area contributed by atoms with Gasteiger partial charge in [0.1, 0.15) is 17.1 Å². The number of esters is 1. The summed E-state index contributed by atoms with van der Waals surface area (Å²) in [6, 6.07) is 2.49. The molecule has 1 aromatic carbocycles. The predicted molar refractivity (Wildman–Crippen MR) is 87.7 cm³/mol. The lowest BCUT2D eigenvalue weighted by Crippen LogP contribution is -2.38. The number of ether oxygens (including phenoxy) is 2. The number of hydrogen-bond acceptors (Lipinski definition) is 6. The normalized spacial score (nSPS) is 12.3. The minimum absolute atomic E-state index is 0.111. The van der Waals surface area contributed by atoms with Gasteiger partial charge in [0.25, 0.3) is 0 Å². The van der Waals surface area contributed by atoms with E-state index in [4.69, 9.17) is 9.47 Å². The maximum absolute atomic E-state index is 12.3. The van der Waals surface area contributed by atoms with Crippen molar-refractivity contribution in [2.45, 2.75) is 52.2 Å². The number of benzene rings is 1. The van der Waals surface area contributed by atoms with E-state index in [-0.39, 0.29) is 23.7 Å². The largest absolute Gasteiger partial charge is 0.508 e. The van der Waals surface area contributed by atoms with Crippen LogP contribution in [0.15, 0.2) is 18.2 Å². The number of unbranched alkanes of at least 4 members (excludes halogenated alkanes) is 1. The molecule has 1 rings (SSSR count). The number of amides is 1. The SMILES string of the molecule is CCCCOC(=O)C(NC(=O)OC(C)(C)C)c1ccc(O)cc1O. The summed E-state index contributed by atoms with van der Waals surface area (Å²) in [5.41, 5.74) is -0.627. The fraction of sp³-hybridized carbons (Fsp3) is 0.529. The third-order valence-electron chi connectivity index (χ3n) is 2.96. The highest BCUT2D eigenvalue weighted by Gasteiger charge is 2.29. The van der Waals surface area contributed by atoms with E-state index in [1.54, 1.807) is 20.8 Å². The van der Waals surface area contributed by atoms with Crippen molar-refractivity contribution in [3.05, 3.63) is 23.8 Å². The van der Waals surface area contributed by atoms with Gasteiger partial charge in [-0.25, -0.2) is 9.59 Å². The molecule has 7 heteroatoms. The Balaban J connectivity index is 2.98. The van der Waals surface area contributed by atoms with Crippen LogP contribution >= 0.6 is 0 Å². The molecule has 0 radical (unpaired) electrons. The van der Waals surface area contributed by atoms with Crippen molar-refractivity contribution in [2.24, 2.45) is 0 Å². The molecule has 0 saturated heterocycles. The van der Waals surface area contributed by atoms with Gasteiger partial charge in [-0.1, -0.05) is 13.3 Å². The third-order valence-corrected chi connectivity index (χ3v) is 2.96. The minimum atomic E-state index is -1.24. The standard InChI is InChI=1S/C17H25NO6/c1-5-6-9-23-15(21)14(18-16(22)24-17(2,3)4)12-8-7-11(19)10-13(12)20/h7-8,10,14,19-20H,5-6,9H2,1-4H3,(H,18,22). The molecule has 0 spiro atoms. The summed E-state index contributed by atoms with van der Waals surface area (Å²) in [4.78, 5) is 24.3. The van der Waals surface area contributed by atoms with E-state index in [0.717, 1.165) is 12.5 Å². The van der Waals surface area contributed by atoms with E-state index in [0.29, 0.717) is 6.42 Å². The zero-order valence-electron chi connectivity index (χ0n) is 14.5. The first-order chi connectivity index (χ1) is 11.1. The number of phenols is 2. The van der Waals surface area contributed by atoms with Crippen molar-refractivity contribution in [3.8, 4) is 11.5 Å². The zero-order valence-corrected chi connectivity index (χ0v) is 14.5. The summed E-state index contributed by atoms with van der Waals surface area (Å²) >= 11 is 0. The molecule has 0 bridgehead atoms. The van der Waals surface area contributed by atoms with E-state index in [2.05, 4.69) is 5.32 Å². The molecule has 1 amide bonds. The summed E-state index contributed by atoms with van der Waals surface area (Å²) in [7, 11) is 0. The lowest BCUT2D eigenvalue weighted by atomic mass is 10.1. The average Bonchev–Trinajstić information content (AvgIpc) is 2.43. The van der Waals surface area contributed by atoms with Crippen LogP contribution in [-0.4, -0.2) is 34.5 Å². The maximum atomic E-state index is 12.3. The lowest BCUT2D eigenvalue weighted by molar-refractivity contribution is -0.146. The second-order valence-corrected chi connectivity index (χ2v) is 6.34. The quantitative estimate of drug-likeness (QED) is 0.543. The van der Waals surface area contributed by atoms with Gasteiger partial charge in [-0.15, -0.1) is 0 Å². The van der Waals surface area contributed by atoms with Gasteiger partial charge in [0.15, 0.2) is 6.04 Å². The van der Waals surface area contributed by atoms with Gasteiger partial charge in [0, 0.05) is 11.6 Å². The third kappa shape index (κ3) is 6.36. The van der Waals surface area contributed by atoms with E-state index >= 15 is 0 Å². The Morgan fingerprint density at radius 1 is 1.25 bits per heavy atom. The van der Waals surface area contributed by atoms with Crippen molar-refractivity contribution in [1.29, 1.82) is 0 Å². The molecule has 134 valence electrons. The molecule has 0 aliphatic carbocycles. The Morgan fingerprint density at radius 3 is 2.46 bits per heavy atom. The van der Waals surface area contributed by atoms with Gasteiger partial charge < -0.3 is 25.0 Å². The smallest absolute Gasteiger partial charge is 0.408 e. The molecule has 0 saturated carbocycles. The summed E-state index contributed by atoms with van der Waals surface area (Å²) < 4.78 is 10.3. The molecule has 0 aliphatic rings. The molecular weight excluding hydrogens is 314 g/mol. The van der Waals surface area contributed by atoms with Crippen LogP contribution in [0.4, 0.5) is 4.79 Å². The summed E-state index contributed by atoms with van der Waals surface area (Å²) in [5, 5.41) is 21.7.